The van der Waals surface area contributed by atoms with E-state index in [1.807, 2.05) is 24.3 Å². The molecule has 0 atom stereocenters. The number of ether oxygens (including phenoxy) is 1. The average Bonchev–Trinajstić information content (AvgIpc) is 2.77. The minimum absolute atomic E-state index is 0.118. The van der Waals surface area contributed by atoms with Crippen molar-refractivity contribution in [3.05, 3.63) is 36.0 Å². The van der Waals surface area contributed by atoms with Crippen LogP contribution in [-0.2, 0) is 16.1 Å². The van der Waals surface area contributed by atoms with Gasteiger partial charge in [-0.15, -0.1) is 0 Å². The van der Waals surface area contributed by atoms with Gasteiger partial charge in [-0.05, 0) is 6.07 Å². The molecule has 0 aliphatic rings. The lowest BCUT2D eigenvalue weighted by Crippen LogP contribution is -2.23. The van der Waals surface area contributed by atoms with Crippen LogP contribution in [0.25, 0.3) is 10.9 Å². The van der Waals surface area contributed by atoms with E-state index in [0.29, 0.717) is 5.56 Å². The van der Waals surface area contributed by atoms with Gasteiger partial charge in [0.05, 0.1) is 12.7 Å². The Hall–Kier alpha value is -2.30. The highest BCUT2D eigenvalue weighted by Gasteiger charge is 2.15. The molecule has 0 aliphatic heterocycles. The lowest BCUT2D eigenvalue weighted by atomic mass is 10.2. The predicted octanol–water partition coefficient (Wildman–Crippen LogP) is 1.17. The van der Waals surface area contributed by atoms with Crippen molar-refractivity contribution in [1.29, 1.82) is 0 Å². The lowest BCUT2D eigenvalue weighted by molar-refractivity contribution is -0.121. The molecule has 0 radical (unpaired) electrons. The van der Waals surface area contributed by atoms with E-state index in [0.717, 1.165) is 10.9 Å². The first-order valence-electron chi connectivity index (χ1n) is 5.54. The fraction of sp³-hybridized carbons (Fsp3) is 0.231. The maximum absolute atomic E-state index is 11.7. The number of likely N-dealkylation sites (N-methyl/N-ethyl adjacent to an activating group) is 1. The lowest BCUT2D eigenvalue weighted by Gasteiger charge is -2.03. The monoisotopic (exact) mass is 246 g/mol. The first kappa shape index (κ1) is 12.2. The molecule has 0 saturated heterocycles. The number of nitrogens with zero attached hydrogens (tertiary/aromatic N) is 1. The highest BCUT2D eigenvalue weighted by atomic mass is 16.5. The number of amides is 1. The first-order chi connectivity index (χ1) is 8.67. The molecule has 1 N–H and O–H groups in total. The average molecular weight is 246 g/mol. The molecule has 94 valence electrons. The number of para-hydroxylation sites is 1. The van der Waals surface area contributed by atoms with E-state index in [9.17, 15) is 9.59 Å². The number of methoxy groups -OCH3 is 1. The molecule has 18 heavy (non-hydrogen) atoms. The maximum Gasteiger partial charge on any atom is 0.340 e. The van der Waals surface area contributed by atoms with Crippen molar-refractivity contribution in [1.82, 2.24) is 9.88 Å². The second-order valence-corrected chi connectivity index (χ2v) is 3.85. The van der Waals surface area contributed by atoms with Gasteiger partial charge >= 0.3 is 5.97 Å². The van der Waals surface area contributed by atoms with Gasteiger partial charge < -0.3 is 14.6 Å². The van der Waals surface area contributed by atoms with Crippen LogP contribution in [0.1, 0.15) is 10.4 Å². The van der Waals surface area contributed by atoms with Gasteiger partial charge in [0.2, 0.25) is 5.91 Å². The molecule has 2 aromatic rings. The Kier molecular flexibility index (Phi) is 3.32. The van der Waals surface area contributed by atoms with Crippen LogP contribution in [0.3, 0.4) is 0 Å². The minimum Gasteiger partial charge on any atom is -0.465 e. The summed E-state index contributed by atoms with van der Waals surface area (Å²) in [5.74, 6) is -0.519. The van der Waals surface area contributed by atoms with Crippen LogP contribution < -0.4 is 5.32 Å². The Balaban J connectivity index is 2.54. The molecule has 0 fully saturated rings. The zero-order valence-corrected chi connectivity index (χ0v) is 10.3. The van der Waals surface area contributed by atoms with E-state index < -0.39 is 5.97 Å². The number of carbonyl (C=O) groups is 2. The van der Waals surface area contributed by atoms with Crippen LogP contribution in [0, 0.1) is 0 Å². The summed E-state index contributed by atoms with van der Waals surface area (Å²) in [6, 6.07) is 7.41. The normalized spacial score (nSPS) is 10.3. The second kappa shape index (κ2) is 4.91. The van der Waals surface area contributed by atoms with Crippen molar-refractivity contribution in [3.8, 4) is 0 Å². The van der Waals surface area contributed by atoms with Gasteiger partial charge in [0.1, 0.15) is 6.54 Å². The highest BCUT2D eigenvalue weighted by Crippen LogP contribution is 2.21. The Bertz CT molecular complexity index is 601. The van der Waals surface area contributed by atoms with E-state index in [1.54, 1.807) is 17.8 Å². The molecule has 0 bridgehead atoms. The largest absolute Gasteiger partial charge is 0.465 e. The molecule has 1 aromatic heterocycles. The summed E-state index contributed by atoms with van der Waals surface area (Å²) in [4.78, 5) is 23.1. The molecule has 5 nitrogen and oxygen atoms in total. The van der Waals surface area contributed by atoms with Crippen LogP contribution in [0.2, 0.25) is 0 Å². The summed E-state index contributed by atoms with van der Waals surface area (Å²) in [7, 11) is 2.92. The molecule has 1 aromatic carbocycles. The maximum atomic E-state index is 11.7. The Morgan fingerprint density at radius 3 is 2.72 bits per heavy atom. The predicted molar refractivity (Wildman–Crippen MR) is 67.3 cm³/mol. The summed E-state index contributed by atoms with van der Waals surface area (Å²) in [5.41, 5.74) is 1.30. The topological polar surface area (TPSA) is 60.3 Å². The summed E-state index contributed by atoms with van der Waals surface area (Å²) in [5, 5.41) is 3.34. The number of esters is 1. The molecular weight excluding hydrogens is 232 g/mol. The first-order valence-corrected chi connectivity index (χ1v) is 5.54. The highest BCUT2D eigenvalue weighted by molar-refractivity contribution is 6.04. The molecular formula is C13H14N2O3. The van der Waals surface area contributed by atoms with Crippen molar-refractivity contribution in [2.24, 2.45) is 0 Å². The van der Waals surface area contributed by atoms with Crippen LogP contribution in [0.15, 0.2) is 30.5 Å². The van der Waals surface area contributed by atoms with Crippen molar-refractivity contribution in [3.63, 3.8) is 0 Å². The number of nitrogens with one attached hydrogen (secondary N) is 1. The second-order valence-electron chi connectivity index (χ2n) is 3.85. The Morgan fingerprint density at radius 2 is 2.06 bits per heavy atom. The summed E-state index contributed by atoms with van der Waals surface area (Å²) in [6.07, 6.45) is 1.64. The third-order valence-electron chi connectivity index (χ3n) is 2.79. The zero-order valence-electron chi connectivity index (χ0n) is 10.3. The van der Waals surface area contributed by atoms with Gasteiger partial charge in [0, 0.05) is 24.1 Å². The van der Waals surface area contributed by atoms with E-state index in [2.05, 4.69) is 5.32 Å². The van der Waals surface area contributed by atoms with Crippen molar-refractivity contribution < 1.29 is 14.3 Å². The van der Waals surface area contributed by atoms with Gasteiger partial charge in [-0.25, -0.2) is 4.79 Å². The molecule has 1 amide bonds. The number of hydrogen-bond acceptors (Lipinski definition) is 3. The van der Waals surface area contributed by atoms with Crippen molar-refractivity contribution in [2.45, 2.75) is 6.54 Å². The van der Waals surface area contributed by atoms with Gasteiger partial charge in [-0.1, -0.05) is 18.2 Å². The fourth-order valence-corrected chi connectivity index (χ4v) is 1.88. The van der Waals surface area contributed by atoms with E-state index in [1.165, 1.54) is 7.11 Å². The third-order valence-corrected chi connectivity index (χ3v) is 2.79. The van der Waals surface area contributed by atoms with Crippen LogP contribution in [-0.4, -0.2) is 30.6 Å². The number of aromatic nitrogens is 1. The summed E-state index contributed by atoms with van der Waals surface area (Å²) in [6.45, 7) is 0.175. The van der Waals surface area contributed by atoms with Crippen LogP contribution in [0.5, 0.6) is 0 Å². The minimum atomic E-state index is -0.401. The van der Waals surface area contributed by atoms with Crippen molar-refractivity contribution in [2.75, 3.05) is 14.2 Å². The molecule has 0 aliphatic carbocycles. The number of benzene rings is 1. The molecule has 1 heterocycles. The third kappa shape index (κ3) is 2.07. The van der Waals surface area contributed by atoms with Gasteiger partial charge in [-0.2, -0.15) is 0 Å². The Morgan fingerprint density at radius 1 is 1.33 bits per heavy atom. The van der Waals surface area contributed by atoms with E-state index in [4.69, 9.17) is 4.74 Å². The van der Waals surface area contributed by atoms with Crippen molar-refractivity contribution >= 4 is 22.8 Å². The number of fused-ring (bicyclic) bond motifs is 1. The fourth-order valence-electron chi connectivity index (χ4n) is 1.88. The quantitative estimate of drug-likeness (QED) is 0.827. The van der Waals surface area contributed by atoms with E-state index >= 15 is 0 Å². The van der Waals surface area contributed by atoms with Gasteiger partial charge in [0.25, 0.3) is 0 Å². The molecule has 2 rings (SSSR count). The smallest absolute Gasteiger partial charge is 0.340 e. The summed E-state index contributed by atoms with van der Waals surface area (Å²) < 4.78 is 6.47. The number of hydrogen-bond donors (Lipinski definition) is 1. The molecule has 0 spiro atoms. The Labute approximate surface area is 104 Å². The summed E-state index contributed by atoms with van der Waals surface area (Å²) >= 11 is 0. The molecule has 0 saturated carbocycles. The standard InChI is InChI=1S/C13H14N2O3/c1-14-12(16)8-15-7-10(13(17)18-2)9-5-3-4-6-11(9)15/h3-7H,8H2,1-2H3,(H,14,16). The van der Waals surface area contributed by atoms with E-state index in [-0.39, 0.29) is 12.5 Å². The zero-order chi connectivity index (χ0) is 13.1. The number of carbonyl (C=O) groups excluding carboxylic acids is 2. The number of rotatable bonds is 3. The van der Waals surface area contributed by atoms with Gasteiger partial charge in [-0.3, -0.25) is 4.79 Å². The van der Waals surface area contributed by atoms with Crippen LogP contribution in [0.4, 0.5) is 0 Å². The molecule has 5 heteroatoms. The molecule has 0 unspecified atom stereocenters. The van der Waals surface area contributed by atoms with Crippen LogP contribution >= 0.6 is 0 Å². The van der Waals surface area contributed by atoms with Gasteiger partial charge in [0.15, 0.2) is 0 Å². The SMILES string of the molecule is CNC(=O)Cn1cc(C(=O)OC)c2ccccc21.